The number of rotatable bonds is 18. The van der Waals surface area contributed by atoms with Crippen molar-refractivity contribution >= 4 is 23.5 Å². The number of aliphatic imine (C=N–C) groups is 1. The summed E-state index contributed by atoms with van der Waals surface area (Å²) in [5, 5.41) is 16.9. The van der Waals surface area contributed by atoms with Crippen LogP contribution in [0.25, 0.3) is 0 Å². The molecule has 266 valence electrons. The third-order valence-electron chi connectivity index (χ3n) is 10.8. The average molecular weight is 660 g/mol. The van der Waals surface area contributed by atoms with E-state index in [2.05, 4.69) is 38.5 Å². The fourth-order valence-corrected chi connectivity index (χ4v) is 8.03. The van der Waals surface area contributed by atoms with Crippen LogP contribution in [0.3, 0.4) is 0 Å². The summed E-state index contributed by atoms with van der Waals surface area (Å²) < 4.78 is 12.1. The number of ketones is 2. The fraction of sp³-hybridized carbons (Fsp3) is 0.829. The molecule has 0 amide bonds. The van der Waals surface area contributed by atoms with Gasteiger partial charge in [-0.25, -0.2) is 4.79 Å². The number of piperidine rings is 1. The van der Waals surface area contributed by atoms with E-state index in [0.717, 1.165) is 70.2 Å². The van der Waals surface area contributed by atoms with Crippen molar-refractivity contribution in [1.82, 2.24) is 26.6 Å². The average Bonchev–Trinajstić information content (AvgIpc) is 3.80. The number of epoxide rings is 1. The molecule has 4 rings (SSSR count). The lowest BCUT2D eigenvalue weighted by Gasteiger charge is -2.37. The highest BCUT2D eigenvalue weighted by Gasteiger charge is 2.86. The molecule has 0 aromatic rings. The van der Waals surface area contributed by atoms with Gasteiger partial charge in [0.1, 0.15) is 0 Å². The van der Waals surface area contributed by atoms with Crippen LogP contribution in [0.1, 0.15) is 91.4 Å². The Balaban J connectivity index is 1.53. The monoisotopic (exact) mass is 659 g/mol. The Bertz CT molecular complexity index is 1140. The van der Waals surface area contributed by atoms with Crippen molar-refractivity contribution in [1.29, 1.82) is 0 Å². The maximum atomic E-state index is 14.2. The number of Topliss-reactive ketones (excluding diaryl/α,β-unsaturated/α-hetero) is 2. The molecule has 4 aliphatic rings. The van der Waals surface area contributed by atoms with E-state index in [0.29, 0.717) is 37.8 Å². The normalized spacial score (nSPS) is 32.3. The molecule has 0 aromatic heterocycles. The molecule has 8 atom stereocenters. The van der Waals surface area contributed by atoms with Crippen molar-refractivity contribution in [2.24, 2.45) is 34.4 Å². The minimum Gasteiger partial charge on any atom is -0.463 e. The standard InChI is InChI=1S/C35H61N7O5/c1-6-8-11-24(20-39-7-2)21-46-32(45)35-31(44)27-13-10-9-12-26(27)30(43)34(35,47-35)16-14-23(3)18-28(42-33(36)38-5)25-15-17-40-29(19-25)41-22-37-4/h14,24-29,37,39-41H,6-13,15-22H2,1-5H3,(H3,36,38,42). The predicted molar refractivity (Wildman–Crippen MR) is 184 cm³/mol. The molecule has 2 saturated carbocycles. The largest absolute Gasteiger partial charge is 0.463 e. The third-order valence-corrected chi connectivity index (χ3v) is 10.8. The van der Waals surface area contributed by atoms with E-state index in [1.165, 1.54) is 0 Å². The van der Waals surface area contributed by atoms with Gasteiger partial charge in [0.05, 0.1) is 12.8 Å². The number of hydrogen-bond donors (Lipinski definition) is 6. The van der Waals surface area contributed by atoms with Crippen molar-refractivity contribution in [3.63, 3.8) is 0 Å². The lowest BCUT2D eigenvalue weighted by Crippen LogP contribution is -2.58. The highest BCUT2D eigenvalue weighted by molar-refractivity contribution is 6.23. The maximum Gasteiger partial charge on any atom is 0.349 e. The van der Waals surface area contributed by atoms with Gasteiger partial charge < -0.3 is 36.5 Å². The van der Waals surface area contributed by atoms with Crippen LogP contribution in [0.15, 0.2) is 16.6 Å². The van der Waals surface area contributed by atoms with Gasteiger partial charge in [0.15, 0.2) is 23.1 Å². The Morgan fingerprint density at radius 2 is 1.94 bits per heavy atom. The summed E-state index contributed by atoms with van der Waals surface area (Å²) in [6.07, 6.45) is 10.9. The number of guanidine groups is 1. The second kappa shape index (κ2) is 17.3. The van der Waals surface area contributed by atoms with Crippen LogP contribution in [0.4, 0.5) is 0 Å². The van der Waals surface area contributed by atoms with Gasteiger partial charge >= 0.3 is 5.97 Å². The molecular formula is C35H61N7O5. The Labute approximate surface area is 281 Å². The molecule has 0 aromatic carbocycles. The van der Waals surface area contributed by atoms with Gasteiger partial charge in [-0.1, -0.05) is 51.2 Å². The van der Waals surface area contributed by atoms with Crippen molar-refractivity contribution < 1.29 is 23.9 Å². The first-order chi connectivity index (χ1) is 22.7. The van der Waals surface area contributed by atoms with Crippen molar-refractivity contribution in [3.8, 4) is 0 Å². The first kappa shape index (κ1) is 37.4. The van der Waals surface area contributed by atoms with Crippen molar-refractivity contribution in [2.45, 2.75) is 115 Å². The fourth-order valence-electron chi connectivity index (χ4n) is 8.03. The summed E-state index contributed by atoms with van der Waals surface area (Å²) in [5.41, 5.74) is 3.86. The Morgan fingerprint density at radius 1 is 1.19 bits per heavy atom. The van der Waals surface area contributed by atoms with Crippen molar-refractivity contribution in [3.05, 3.63) is 11.6 Å². The molecule has 2 aliphatic heterocycles. The first-order valence-corrected chi connectivity index (χ1v) is 18.1. The third kappa shape index (κ3) is 8.44. The van der Waals surface area contributed by atoms with Crippen LogP contribution in [-0.4, -0.2) is 93.9 Å². The minimum atomic E-state index is -1.84. The number of ether oxygens (including phenoxy) is 2. The van der Waals surface area contributed by atoms with Crippen LogP contribution in [0, 0.1) is 23.7 Å². The van der Waals surface area contributed by atoms with Crippen molar-refractivity contribution in [2.75, 3.05) is 47.0 Å². The van der Waals surface area contributed by atoms with Gasteiger partial charge in [0, 0.05) is 50.5 Å². The Kier molecular flexibility index (Phi) is 13.8. The summed E-state index contributed by atoms with van der Waals surface area (Å²) >= 11 is 0. The van der Waals surface area contributed by atoms with Crippen LogP contribution >= 0.6 is 0 Å². The van der Waals surface area contributed by atoms with E-state index in [-0.39, 0.29) is 42.7 Å². The highest BCUT2D eigenvalue weighted by Crippen LogP contribution is 2.61. The van der Waals surface area contributed by atoms with E-state index in [1.54, 1.807) is 7.05 Å². The lowest BCUT2D eigenvalue weighted by molar-refractivity contribution is -0.159. The Morgan fingerprint density at radius 3 is 2.62 bits per heavy atom. The van der Waals surface area contributed by atoms with E-state index < -0.39 is 29.0 Å². The molecule has 2 saturated heterocycles. The summed E-state index contributed by atoms with van der Waals surface area (Å²) in [6, 6.07) is 0.0199. The second-order valence-electron chi connectivity index (χ2n) is 14.1. The SMILES string of the molecule is CCCCC(CNCC)COC(=O)C12OC1(CC=C(C)CC(NC(N)=NC)C1CCNC(NCNC)C1)C(=O)C1CCCCC1C2=O. The van der Waals surface area contributed by atoms with Crippen LogP contribution in [0.2, 0.25) is 0 Å². The van der Waals surface area contributed by atoms with Gasteiger partial charge in [-0.3, -0.25) is 19.9 Å². The molecule has 2 aliphatic carbocycles. The first-order valence-electron chi connectivity index (χ1n) is 18.1. The second-order valence-corrected chi connectivity index (χ2v) is 14.1. The van der Waals surface area contributed by atoms with E-state index in [9.17, 15) is 14.4 Å². The van der Waals surface area contributed by atoms with Crippen LogP contribution < -0.4 is 32.3 Å². The zero-order chi connectivity index (χ0) is 34.0. The van der Waals surface area contributed by atoms with E-state index in [4.69, 9.17) is 15.2 Å². The number of esters is 1. The van der Waals surface area contributed by atoms with Crippen LogP contribution in [-0.2, 0) is 23.9 Å². The van der Waals surface area contributed by atoms with Crippen LogP contribution in [0.5, 0.6) is 0 Å². The molecule has 0 radical (unpaired) electrons. The molecule has 2 heterocycles. The maximum absolute atomic E-state index is 14.2. The van der Waals surface area contributed by atoms with Gasteiger partial charge in [-0.2, -0.15) is 0 Å². The van der Waals surface area contributed by atoms with E-state index >= 15 is 0 Å². The highest BCUT2D eigenvalue weighted by atomic mass is 16.7. The number of carbonyl (C=O) groups excluding carboxylic acids is 3. The molecular weight excluding hydrogens is 598 g/mol. The zero-order valence-corrected chi connectivity index (χ0v) is 29.4. The summed E-state index contributed by atoms with van der Waals surface area (Å²) in [6.45, 7) is 9.56. The number of carbonyl (C=O) groups is 3. The Hall–Kier alpha value is -2.38. The zero-order valence-electron chi connectivity index (χ0n) is 29.4. The predicted octanol–water partition coefficient (Wildman–Crippen LogP) is 2.13. The molecule has 8 unspecified atom stereocenters. The smallest absolute Gasteiger partial charge is 0.349 e. The summed E-state index contributed by atoms with van der Waals surface area (Å²) in [5.74, 6) is -1.08. The quantitative estimate of drug-likeness (QED) is 0.0242. The lowest BCUT2D eigenvalue weighted by atomic mass is 9.61. The number of nitrogens with one attached hydrogen (secondary N) is 5. The molecule has 0 spiro atoms. The summed E-state index contributed by atoms with van der Waals surface area (Å²) in [7, 11) is 3.58. The molecule has 4 fully saturated rings. The number of unbranched alkanes of at least 4 members (excludes halogenated alkanes) is 1. The van der Waals surface area contributed by atoms with E-state index in [1.807, 2.05) is 27.0 Å². The van der Waals surface area contributed by atoms with Gasteiger partial charge in [0.25, 0.3) is 5.60 Å². The molecule has 12 heteroatoms. The van der Waals surface area contributed by atoms with Gasteiger partial charge in [0.2, 0.25) is 0 Å². The van der Waals surface area contributed by atoms with Gasteiger partial charge in [-0.05, 0) is 71.5 Å². The molecule has 12 nitrogen and oxygen atoms in total. The topological polar surface area (TPSA) is 171 Å². The number of fused-ring (bicyclic) bond motifs is 2. The molecule has 0 bridgehead atoms. The number of nitrogens with zero attached hydrogens (tertiary/aromatic N) is 1. The minimum absolute atomic E-state index is 0.0199. The molecule has 47 heavy (non-hydrogen) atoms. The number of hydrogen-bond acceptors (Lipinski definition) is 10. The summed E-state index contributed by atoms with van der Waals surface area (Å²) in [4.78, 5) is 46.4. The molecule has 7 N–H and O–H groups in total. The van der Waals surface area contributed by atoms with Gasteiger partial charge in [-0.15, -0.1) is 0 Å². The number of nitrogens with two attached hydrogens (primary N) is 1.